The van der Waals surface area contributed by atoms with Crippen LogP contribution in [-0.2, 0) is 4.79 Å². The van der Waals surface area contributed by atoms with Crippen molar-refractivity contribution in [1.82, 2.24) is 4.98 Å². The van der Waals surface area contributed by atoms with E-state index >= 15 is 0 Å². The maximum Gasteiger partial charge on any atom is 0.228 e. The Morgan fingerprint density at radius 2 is 1.96 bits per heavy atom. The van der Waals surface area contributed by atoms with Crippen molar-refractivity contribution in [1.29, 1.82) is 0 Å². The van der Waals surface area contributed by atoms with Gasteiger partial charge in [-0.3, -0.25) is 4.79 Å². The fourth-order valence-electron chi connectivity index (χ4n) is 3.22. The quantitative estimate of drug-likeness (QED) is 0.904. The molecule has 4 rings (SSSR count). The first-order chi connectivity index (χ1) is 11.7. The Morgan fingerprint density at radius 3 is 2.75 bits per heavy atom. The molecule has 126 valence electrons. The van der Waals surface area contributed by atoms with E-state index < -0.39 is 0 Å². The topological polar surface area (TPSA) is 71.5 Å². The second kappa shape index (κ2) is 6.40. The van der Waals surface area contributed by atoms with Crippen LogP contribution in [0.5, 0.6) is 5.75 Å². The number of aromatic nitrogens is 1. The molecule has 2 aliphatic rings. The molecule has 2 fully saturated rings. The number of hydrogen-bond donors (Lipinski definition) is 2. The van der Waals surface area contributed by atoms with Gasteiger partial charge in [-0.05, 0) is 55.7 Å². The minimum absolute atomic E-state index is 0.0630. The van der Waals surface area contributed by atoms with Crippen LogP contribution in [0.3, 0.4) is 0 Å². The highest BCUT2D eigenvalue weighted by Crippen LogP contribution is 2.31. The molecule has 0 saturated heterocycles. The maximum absolute atomic E-state index is 11.8. The summed E-state index contributed by atoms with van der Waals surface area (Å²) in [5.74, 6) is 1.58. The van der Waals surface area contributed by atoms with E-state index in [1.165, 1.54) is 0 Å². The Balaban J connectivity index is 1.49. The van der Waals surface area contributed by atoms with Gasteiger partial charge in [0, 0.05) is 17.5 Å². The van der Waals surface area contributed by atoms with Gasteiger partial charge >= 0.3 is 0 Å². The van der Waals surface area contributed by atoms with Crippen LogP contribution in [0.2, 0.25) is 0 Å². The lowest BCUT2D eigenvalue weighted by molar-refractivity contribution is -0.117. The molecule has 0 radical (unpaired) electrons. The number of anilines is 1. The second-order valence-electron chi connectivity index (χ2n) is 6.85. The van der Waals surface area contributed by atoms with Gasteiger partial charge < -0.3 is 15.2 Å². The van der Waals surface area contributed by atoms with E-state index in [-0.39, 0.29) is 24.0 Å². The van der Waals surface area contributed by atoms with Crippen molar-refractivity contribution in [2.24, 2.45) is 5.92 Å². The molecule has 5 nitrogen and oxygen atoms in total. The third-order valence-electron chi connectivity index (χ3n) is 4.85. The SMILES string of the molecule is O=C(Nc1cc2ccc(OC3CCCCC3O)cc2cn1)C1CC1. The Kier molecular flexibility index (Phi) is 4.10. The molecule has 2 unspecified atom stereocenters. The first kappa shape index (κ1) is 15.4. The van der Waals surface area contributed by atoms with Gasteiger partial charge in [0.05, 0.1) is 6.10 Å². The Bertz CT molecular complexity index is 757. The number of rotatable bonds is 4. The number of nitrogens with one attached hydrogen (secondary N) is 1. The van der Waals surface area contributed by atoms with Crippen molar-refractivity contribution in [3.63, 3.8) is 0 Å². The molecule has 0 spiro atoms. The molecule has 0 bridgehead atoms. The number of fused-ring (bicyclic) bond motifs is 1. The fraction of sp³-hybridized carbons (Fsp3) is 0.474. The van der Waals surface area contributed by atoms with Crippen molar-refractivity contribution in [2.45, 2.75) is 50.7 Å². The van der Waals surface area contributed by atoms with Crippen molar-refractivity contribution in [3.8, 4) is 5.75 Å². The van der Waals surface area contributed by atoms with Gasteiger partial charge in [0.1, 0.15) is 17.7 Å². The summed E-state index contributed by atoms with van der Waals surface area (Å²) in [6.07, 6.45) is 7.07. The summed E-state index contributed by atoms with van der Waals surface area (Å²) in [4.78, 5) is 16.1. The normalized spacial score (nSPS) is 23.9. The average Bonchev–Trinajstić information content (AvgIpc) is 3.42. The van der Waals surface area contributed by atoms with Gasteiger partial charge in [0.15, 0.2) is 0 Å². The van der Waals surface area contributed by atoms with E-state index in [2.05, 4.69) is 10.3 Å². The first-order valence-electron chi connectivity index (χ1n) is 8.74. The standard InChI is InChI=1S/C19H22N2O3/c22-16-3-1-2-4-17(16)24-15-8-7-13-10-18(20-11-14(13)9-15)21-19(23)12-5-6-12/h7-12,16-17,22H,1-6H2,(H,20,21,23). The van der Waals surface area contributed by atoms with Crippen molar-refractivity contribution in [3.05, 3.63) is 30.5 Å². The van der Waals surface area contributed by atoms with Crippen LogP contribution in [0.15, 0.2) is 30.5 Å². The number of pyridine rings is 1. The lowest BCUT2D eigenvalue weighted by Crippen LogP contribution is -2.34. The van der Waals surface area contributed by atoms with Crippen LogP contribution < -0.4 is 10.1 Å². The predicted molar refractivity (Wildman–Crippen MR) is 92.0 cm³/mol. The molecule has 2 N–H and O–H groups in total. The number of benzene rings is 1. The zero-order chi connectivity index (χ0) is 16.5. The number of carbonyl (C=O) groups excluding carboxylic acids is 1. The largest absolute Gasteiger partial charge is 0.488 e. The van der Waals surface area contributed by atoms with Gasteiger partial charge in [-0.2, -0.15) is 0 Å². The average molecular weight is 326 g/mol. The Morgan fingerprint density at radius 1 is 1.12 bits per heavy atom. The summed E-state index contributed by atoms with van der Waals surface area (Å²) in [6.45, 7) is 0. The van der Waals surface area contributed by atoms with Crippen LogP contribution in [0.25, 0.3) is 10.8 Å². The second-order valence-corrected chi connectivity index (χ2v) is 6.85. The molecule has 2 aromatic rings. The molecule has 1 aromatic heterocycles. The number of aliphatic hydroxyl groups is 1. The van der Waals surface area contributed by atoms with Gasteiger partial charge in [0.2, 0.25) is 5.91 Å². The smallest absolute Gasteiger partial charge is 0.228 e. The molecule has 5 heteroatoms. The predicted octanol–water partition coefficient (Wildman–Crippen LogP) is 3.27. The van der Waals surface area contributed by atoms with Crippen molar-refractivity contribution < 1.29 is 14.6 Å². The monoisotopic (exact) mass is 326 g/mol. The van der Waals surface area contributed by atoms with E-state index in [0.717, 1.165) is 55.0 Å². The van der Waals surface area contributed by atoms with E-state index in [1.54, 1.807) is 6.20 Å². The number of amides is 1. The number of carbonyl (C=O) groups is 1. The summed E-state index contributed by atoms with van der Waals surface area (Å²) in [6, 6.07) is 7.70. The summed E-state index contributed by atoms with van der Waals surface area (Å²) in [7, 11) is 0. The number of nitrogens with zero attached hydrogens (tertiary/aromatic N) is 1. The molecule has 2 atom stereocenters. The molecule has 1 amide bonds. The van der Waals surface area contributed by atoms with Crippen molar-refractivity contribution in [2.75, 3.05) is 5.32 Å². The molecular weight excluding hydrogens is 304 g/mol. The summed E-state index contributed by atoms with van der Waals surface area (Å²) >= 11 is 0. The maximum atomic E-state index is 11.8. The fourth-order valence-corrected chi connectivity index (χ4v) is 3.22. The van der Waals surface area contributed by atoms with Gasteiger partial charge in [-0.15, -0.1) is 0 Å². The van der Waals surface area contributed by atoms with Crippen LogP contribution in [0.4, 0.5) is 5.82 Å². The number of hydrogen-bond acceptors (Lipinski definition) is 4. The van der Waals surface area contributed by atoms with E-state index in [1.807, 2.05) is 24.3 Å². The molecule has 0 aliphatic heterocycles. The summed E-state index contributed by atoms with van der Waals surface area (Å²) in [5.41, 5.74) is 0. The third-order valence-corrected chi connectivity index (χ3v) is 4.85. The van der Waals surface area contributed by atoms with Crippen LogP contribution in [-0.4, -0.2) is 28.2 Å². The van der Waals surface area contributed by atoms with Crippen LogP contribution in [0, 0.1) is 5.92 Å². The first-order valence-corrected chi connectivity index (χ1v) is 8.74. The van der Waals surface area contributed by atoms with Crippen LogP contribution in [0.1, 0.15) is 38.5 Å². The van der Waals surface area contributed by atoms with E-state index in [0.29, 0.717) is 5.82 Å². The Labute approximate surface area is 141 Å². The molecule has 1 heterocycles. The summed E-state index contributed by atoms with van der Waals surface area (Å²) < 4.78 is 5.96. The number of ether oxygens (including phenoxy) is 1. The molecule has 1 aromatic carbocycles. The lowest BCUT2D eigenvalue weighted by atomic mass is 9.95. The zero-order valence-corrected chi connectivity index (χ0v) is 13.6. The van der Waals surface area contributed by atoms with Gasteiger partial charge in [0.25, 0.3) is 0 Å². The molecule has 2 aliphatic carbocycles. The molecular formula is C19H22N2O3. The van der Waals surface area contributed by atoms with Crippen LogP contribution >= 0.6 is 0 Å². The van der Waals surface area contributed by atoms with Crippen molar-refractivity contribution >= 4 is 22.5 Å². The van der Waals surface area contributed by atoms with E-state index in [4.69, 9.17) is 4.74 Å². The van der Waals surface area contributed by atoms with E-state index in [9.17, 15) is 9.90 Å². The lowest BCUT2D eigenvalue weighted by Gasteiger charge is -2.28. The minimum Gasteiger partial charge on any atom is -0.488 e. The highest BCUT2D eigenvalue weighted by atomic mass is 16.5. The molecule has 2 saturated carbocycles. The van der Waals surface area contributed by atoms with Gasteiger partial charge in [-0.25, -0.2) is 4.98 Å². The number of aliphatic hydroxyl groups excluding tert-OH is 1. The third kappa shape index (κ3) is 3.36. The zero-order valence-electron chi connectivity index (χ0n) is 13.6. The highest BCUT2D eigenvalue weighted by molar-refractivity contribution is 5.95. The summed E-state index contributed by atoms with van der Waals surface area (Å²) in [5, 5.41) is 14.9. The Hall–Kier alpha value is -2.14. The molecule has 24 heavy (non-hydrogen) atoms. The highest BCUT2D eigenvalue weighted by Gasteiger charge is 2.29. The van der Waals surface area contributed by atoms with Gasteiger partial charge in [-0.1, -0.05) is 12.5 Å². The minimum atomic E-state index is -0.382.